The Hall–Kier alpha value is -1.58. The lowest BCUT2D eigenvalue weighted by Crippen LogP contribution is -2.38. The van der Waals surface area contributed by atoms with E-state index in [1.165, 1.54) is 12.1 Å². The maximum Gasteiger partial charge on any atom is 0.254 e. The van der Waals surface area contributed by atoms with Crippen molar-refractivity contribution in [3.8, 4) is 0 Å². The van der Waals surface area contributed by atoms with Gasteiger partial charge >= 0.3 is 0 Å². The lowest BCUT2D eigenvalue weighted by atomic mass is 10.1. The molecular weight excluding hydrogens is 312 g/mol. The number of nitrogens with one attached hydrogen (secondary N) is 1. The molecule has 2 rings (SSSR count). The Morgan fingerprint density at radius 2 is 1.90 bits per heavy atom. The lowest BCUT2D eigenvalue weighted by Gasteiger charge is -2.16. The van der Waals surface area contributed by atoms with Crippen molar-refractivity contribution in [3.63, 3.8) is 0 Å². The molecule has 21 heavy (non-hydrogen) atoms. The number of amides is 1. The van der Waals surface area contributed by atoms with E-state index in [0.29, 0.717) is 6.42 Å². The van der Waals surface area contributed by atoms with Crippen LogP contribution in [0.5, 0.6) is 0 Å². The minimum atomic E-state index is -0.645. The first-order chi connectivity index (χ1) is 10.1. The first-order valence-electron chi connectivity index (χ1n) is 6.46. The molecule has 1 N–H and O–H groups in total. The highest BCUT2D eigenvalue weighted by atomic mass is 35.5. The van der Waals surface area contributed by atoms with Crippen molar-refractivity contribution in [1.82, 2.24) is 5.32 Å². The molecule has 0 aromatic heterocycles. The van der Waals surface area contributed by atoms with E-state index in [0.717, 1.165) is 11.6 Å². The Morgan fingerprint density at radius 3 is 2.52 bits per heavy atom. The fourth-order valence-corrected chi connectivity index (χ4v) is 2.32. The second kappa shape index (κ2) is 7.43. The standard InChI is InChI=1S/C16H14Cl2FNO/c17-10-13(8-11-4-2-1-3-5-11)20-16(21)14-7-6-12(18)9-15(14)19/h1-7,9,13H,8,10H2,(H,20,21). The summed E-state index contributed by atoms with van der Waals surface area (Å²) in [5.74, 6) is -0.894. The van der Waals surface area contributed by atoms with Crippen LogP contribution in [0.15, 0.2) is 48.5 Å². The average molecular weight is 326 g/mol. The van der Waals surface area contributed by atoms with Crippen molar-refractivity contribution in [1.29, 1.82) is 0 Å². The van der Waals surface area contributed by atoms with E-state index in [-0.39, 0.29) is 22.5 Å². The van der Waals surface area contributed by atoms with E-state index in [4.69, 9.17) is 23.2 Å². The molecular formula is C16H14Cl2FNO. The SMILES string of the molecule is O=C(NC(CCl)Cc1ccccc1)c1ccc(Cl)cc1F. The summed E-state index contributed by atoms with van der Waals surface area (Å²) in [7, 11) is 0. The number of benzene rings is 2. The number of rotatable bonds is 5. The lowest BCUT2D eigenvalue weighted by molar-refractivity contribution is 0.0936. The summed E-state index contributed by atoms with van der Waals surface area (Å²) in [5, 5.41) is 2.99. The molecule has 1 amide bonds. The Kier molecular flexibility index (Phi) is 5.59. The molecule has 0 aliphatic carbocycles. The minimum absolute atomic E-state index is 0.0393. The smallest absolute Gasteiger partial charge is 0.254 e. The molecule has 1 unspecified atom stereocenters. The van der Waals surface area contributed by atoms with Gasteiger partial charge in [-0.1, -0.05) is 41.9 Å². The molecule has 0 heterocycles. The maximum absolute atomic E-state index is 13.7. The zero-order valence-corrected chi connectivity index (χ0v) is 12.7. The summed E-state index contributed by atoms with van der Waals surface area (Å²) in [6.07, 6.45) is 0.589. The highest BCUT2D eigenvalue weighted by Gasteiger charge is 2.16. The van der Waals surface area contributed by atoms with Crippen molar-refractivity contribution in [2.75, 3.05) is 5.88 Å². The largest absolute Gasteiger partial charge is 0.348 e. The molecule has 0 saturated carbocycles. The predicted molar refractivity (Wildman–Crippen MR) is 83.5 cm³/mol. The van der Waals surface area contributed by atoms with Gasteiger partial charge in [-0.3, -0.25) is 4.79 Å². The van der Waals surface area contributed by atoms with Crippen molar-refractivity contribution in [2.45, 2.75) is 12.5 Å². The summed E-state index contributed by atoms with van der Waals surface area (Å²) in [6.45, 7) is 0. The van der Waals surface area contributed by atoms with Crippen LogP contribution in [0.2, 0.25) is 5.02 Å². The molecule has 110 valence electrons. The van der Waals surface area contributed by atoms with Crippen molar-refractivity contribution >= 4 is 29.1 Å². The molecule has 0 fully saturated rings. The Balaban J connectivity index is 2.06. The van der Waals surface area contributed by atoms with E-state index in [9.17, 15) is 9.18 Å². The molecule has 1 atom stereocenters. The zero-order valence-electron chi connectivity index (χ0n) is 11.2. The van der Waals surface area contributed by atoms with E-state index in [2.05, 4.69) is 5.32 Å². The topological polar surface area (TPSA) is 29.1 Å². The van der Waals surface area contributed by atoms with Gasteiger partial charge in [-0.05, 0) is 30.2 Å². The van der Waals surface area contributed by atoms with Gasteiger partial charge in [-0.2, -0.15) is 0 Å². The van der Waals surface area contributed by atoms with Crippen molar-refractivity contribution in [2.24, 2.45) is 0 Å². The average Bonchev–Trinajstić information content (AvgIpc) is 2.47. The predicted octanol–water partition coefficient (Wildman–Crippen LogP) is 4.06. The van der Waals surface area contributed by atoms with Gasteiger partial charge in [0.2, 0.25) is 0 Å². The minimum Gasteiger partial charge on any atom is -0.348 e. The molecule has 2 aromatic carbocycles. The van der Waals surface area contributed by atoms with Crippen LogP contribution >= 0.6 is 23.2 Å². The van der Waals surface area contributed by atoms with Crippen LogP contribution in [0.1, 0.15) is 15.9 Å². The zero-order chi connectivity index (χ0) is 15.2. The van der Waals surface area contributed by atoms with Crippen LogP contribution in [0.3, 0.4) is 0 Å². The highest BCUT2D eigenvalue weighted by molar-refractivity contribution is 6.30. The second-order valence-electron chi connectivity index (χ2n) is 4.64. The van der Waals surface area contributed by atoms with Crippen molar-refractivity contribution in [3.05, 3.63) is 70.5 Å². The van der Waals surface area contributed by atoms with E-state index in [1.54, 1.807) is 0 Å². The molecule has 0 spiro atoms. The Morgan fingerprint density at radius 1 is 1.19 bits per heavy atom. The van der Waals surface area contributed by atoms with E-state index in [1.807, 2.05) is 30.3 Å². The number of halogens is 3. The normalized spacial score (nSPS) is 12.0. The second-order valence-corrected chi connectivity index (χ2v) is 5.38. The van der Waals surface area contributed by atoms with Gasteiger partial charge in [0, 0.05) is 16.9 Å². The van der Waals surface area contributed by atoms with Crippen LogP contribution in [-0.2, 0) is 6.42 Å². The third-order valence-electron chi connectivity index (χ3n) is 3.02. The summed E-state index contributed by atoms with van der Waals surface area (Å²) in [4.78, 5) is 12.1. The van der Waals surface area contributed by atoms with Gasteiger partial charge in [0.05, 0.1) is 5.56 Å². The Labute approximate surface area is 132 Å². The van der Waals surface area contributed by atoms with Crippen molar-refractivity contribution < 1.29 is 9.18 Å². The number of alkyl halides is 1. The molecule has 5 heteroatoms. The fourth-order valence-electron chi connectivity index (χ4n) is 1.98. The van der Waals surface area contributed by atoms with E-state index < -0.39 is 11.7 Å². The molecule has 0 bridgehead atoms. The third kappa shape index (κ3) is 4.45. The summed E-state index contributed by atoms with van der Waals surface area (Å²) in [5.41, 5.74) is 1.02. The maximum atomic E-state index is 13.7. The van der Waals surface area contributed by atoms with Crippen LogP contribution in [0.4, 0.5) is 4.39 Å². The van der Waals surface area contributed by atoms with Crippen LogP contribution < -0.4 is 5.32 Å². The number of carbonyl (C=O) groups excluding carboxylic acids is 1. The monoisotopic (exact) mass is 325 g/mol. The first kappa shape index (κ1) is 15.8. The molecule has 0 radical (unpaired) electrons. The number of hydrogen-bond acceptors (Lipinski definition) is 1. The first-order valence-corrected chi connectivity index (χ1v) is 7.37. The van der Waals surface area contributed by atoms with Crippen LogP contribution in [-0.4, -0.2) is 17.8 Å². The van der Waals surface area contributed by atoms with Gasteiger partial charge < -0.3 is 5.32 Å². The van der Waals surface area contributed by atoms with Crippen LogP contribution in [0.25, 0.3) is 0 Å². The number of carbonyl (C=O) groups is 1. The van der Waals surface area contributed by atoms with E-state index >= 15 is 0 Å². The Bertz CT molecular complexity index is 619. The molecule has 0 aliphatic heterocycles. The molecule has 0 aliphatic rings. The highest BCUT2D eigenvalue weighted by Crippen LogP contribution is 2.15. The molecule has 2 aromatic rings. The van der Waals surface area contributed by atoms with Crippen LogP contribution in [0, 0.1) is 5.82 Å². The molecule has 0 saturated heterocycles. The summed E-state index contributed by atoms with van der Waals surface area (Å²) < 4.78 is 13.7. The molecule has 2 nitrogen and oxygen atoms in total. The van der Waals surface area contributed by atoms with Gasteiger partial charge in [0.1, 0.15) is 5.82 Å². The summed E-state index contributed by atoms with van der Waals surface area (Å²) in [6, 6.07) is 13.3. The quantitative estimate of drug-likeness (QED) is 0.825. The number of hydrogen-bond donors (Lipinski definition) is 1. The fraction of sp³-hybridized carbons (Fsp3) is 0.188. The van der Waals surface area contributed by atoms with Gasteiger partial charge in [-0.15, -0.1) is 11.6 Å². The summed E-state index contributed by atoms with van der Waals surface area (Å²) >= 11 is 11.6. The van der Waals surface area contributed by atoms with Gasteiger partial charge in [0.15, 0.2) is 0 Å². The third-order valence-corrected chi connectivity index (χ3v) is 3.63. The van der Waals surface area contributed by atoms with Gasteiger partial charge in [0.25, 0.3) is 5.91 Å². The van der Waals surface area contributed by atoms with Gasteiger partial charge in [-0.25, -0.2) is 4.39 Å².